The predicted octanol–water partition coefficient (Wildman–Crippen LogP) is 2.13. The van der Waals surface area contributed by atoms with Crippen LogP contribution in [0.4, 0.5) is 0 Å². The molecule has 0 atom stereocenters. The molecule has 2 aromatic carbocycles. The second kappa shape index (κ2) is 3.71. The molecule has 0 radical (unpaired) electrons. The fraction of sp³-hybridized carbons (Fsp3) is 0. The summed E-state index contributed by atoms with van der Waals surface area (Å²) in [5.41, 5.74) is 3.12. The smallest absolute Gasteiger partial charge is 0.277 e. The van der Waals surface area contributed by atoms with E-state index >= 15 is 0 Å². The number of aliphatic imine (C=N–C) groups is 1. The number of nitrogens with zero attached hydrogens (tertiary/aromatic N) is 2. The first kappa shape index (κ1) is 11.4. The molecule has 1 aliphatic rings. The summed E-state index contributed by atoms with van der Waals surface area (Å²) in [6, 6.07) is 11.3. The molecule has 4 aromatic rings. The Kier molecular flexibility index (Phi) is 1.93. The summed E-state index contributed by atoms with van der Waals surface area (Å²) < 4.78 is 0. The number of hydrogen-bond acceptors (Lipinski definition) is 3. The first-order valence-electron chi connectivity index (χ1n) is 6.87. The largest absolute Gasteiger partial charge is 0.858 e. The van der Waals surface area contributed by atoms with Crippen LogP contribution in [-0.2, 0) is 0 Å². The molecule has 0 bridgehead atoms. The summed E-state index contributed by atoms with van der Waals surface area (Å²) in [5, 5.41) is 14.6. The van der Waals surface area contributed by atoms with Crippen LogP contribution in [0.3, 0.4) is 0 Å². The lowest BCUT2D eigenvalue weighted by Gasteiger charge is -2.10. The minimum Gasteiger partial charge on any atom is -0.858 e. The Bertz CT molecular complexity index is 1150. The molecule has 0 unspecified atom stereocenters. The lowest BCUT2D eigenvalue weighted by atomic mass is 9.97. The van der Waals surface area contributed by atoms with Gasteiger partial charge in [-0.2, -0.15) is 0 Å². The molecule has 0 spiro atoms. The van der Waals surface area contributed by atoms with Crippen LogP contribution in [0.1, 0.15) is 15.9 Å². The molecule has 1 amide bonds. The van der Waals surface area contributed by atoms with Gasteiger partial charge in [-0.3, -0.25) is 9.78 Å². The molecule has 5 nitrogen and oxygen atoms in total. The Balaban J connectivity index is 2.20. The van der Waals surface area contributed by atoms with Crippen molar-refractivity contribution in [3.05, 3.63) is 53.7 Å². The van der Waals surface area contributed by atoms with Gasteiger partial charge in [-0.25, -0.2) is 4.99 Å². The minimum atomic E-state index is -0.481. The second-order valence-electron chi connectivity index (χ2n) is 5.29. The highest BCUT2D eigenvalue weighted by Crippen LogP contribution is 2.38. The number of carbonyl (C=O) groups is 1. The Hall–Kier alpha value is -3.21. The highest BCUT2D eigenvalue weighted by atomic mass is 16.3. The molecule has 104 valence electrons. The molecule has 3 heterocycles. The van der Waals surface area contributed by atoms with Crippen LogP contribution >= 0.6 is 0 Å². The van der Waals surface area contributed by atoms with E-state index in [1.54, 1.807) is 18.3 Å². The van der Waals surface area contributed by atoms with Gasteiger partial charge in [0.25, 0.3) is 5.91 Å². The van der Waals surface area contributed by atoms with Gasteiger partial charge in [-0.05, 0) is 12.1 Å². The van der Waals surface area contributed by atoms with Crippen molar-refractivity contribution < 1.29 is 9.90 Å². The van der Waals surface area contributed by atoms with Gasteiger partial charge in [0.2, 0.25) is 0 Å². The molecule has 0 aliphatic carbocycles. The lowest BCUT2D eigenvalue weighted by Crippen LogP contribution is -2.16. The van der Waals surface area contributed by atoms with Crippen molar-refractivity contribution in [3.63, 3.8) is 0 Å². The molecular formula is C17H8N3O2-. The molecule has 22 heavy (non-hydrogen) atoms. The predicted molar refractivity (Wildman–Crippen MR) is 82.0 cm³/mol. The van der Waals surface area contributed by atoms with Gasteiger partial charge in [0.1, 0.15) is 0 Å². The standard InChI is InChI=1S/C17H9N3O2/c21-16-12-9-5-3-7-18-14(9)15-11(13(12)17(22)20-16)8-4-1-2-6-10(8)19-15/h1-7,19H,(H,20,21,22)/p-1. The monoisotopic (exact) mass is 286 g/mol. The van der Waals surface area contributed by atoms with Crippen LogP contribution in [0.5, 0.6) is 0 Å². The maximum absolute atomic E-state index is 12.3. The van der Waals surface area contributed by atoms with Crippen molar-refractivity contribution in [1.29, 1.82) is 0 Å². The zero-order valence-corrected chi connectivity index (χ0v) is 11.3. The van der Waals surface area contributed by atoms with E-state index in [1.807, 2.05) is 24.3 Å². The number of aromatic nitrogens is 2. The van der Waals surface area contributed by atoms with Crippen LogP contribution in [0.15, 0.2) is 47.6 Å². The number of hydrogen-bond donors (Lipinski definition) is 1. The summed E-state index contributed by atoms with van der Waals surface area (Å²) in [7, 11) is 0. The number of amides is 1. The zero-order chi connectivity index (χ0) is 14.8. The van der Waals surface area contributed by atoms with Crippen LogP contribution in [0, 0.1) is 0 Å². The number of rotatable bonds is 0. The van der Waals surface area contributed by atoms with Crippen LogP contribution < -0.4 is 5.11 Å². The van der Waals surface area contributed by atoms with Crippen LogP contribution in [0.2, 0.25) is 0 Å². The third-order valence-corrected chi connectivity index (χ3v) is 4.15. The average molecular weight is 286 g/mol. The van der Waals surface area contributed by atoms with E-state index in [4.69, 9.17) is 0 Å². The number of nitrogens with one attached hydrogen (secondary N) is 1. The summed E-state index contributed by atoms with van der Waals surface area (Å²) in [5.74, 6) is -0.953. The van der Waals surface area contributed by atoms with Gasteiger partial charge >= 0.3 is 0 Å². The highest BCUT2D eigenvalue weighted by Gasteiger charge is 2.26. The third-order valence-electron chi connectivity index (χ3n) is 4.15. The molecule has 5 rings (SSSR count). The Morgan fingerprint density at radius 2 is 1.82 bits per heavy atom. The SMILES string of the molecule is O=C1N=C([O-])c2c1c1cccnc1c1[nH]c3ccccc3c21. The van der Waals surface area contributed by atoms with E-state index in [0.717, 1.165) is 21.8 Å². The second-order valence-corrected chi connectivity index (χ2v) is 5.29. The van der Waals surface area contributed by atoms with Gasteiger partial charge in [0, 0.05) is 39.3 Å². The fourth-order valence-electron chi connectivity index (χ4n) is 3.29. The first-order valence-corrected chi connectivity index (χ1v) is 6.87. The van der Waals surface area contributed by atoms with Crippen LogP contribution in [-0.4, -0.2) is 21.8 Å². The maximum atomic E-state index is 12.3. The zero-order valence-electron chi connectivity index (χ0n) is 11.3. The molecule has 2 aromatic heterocycles. The molecule has 0 saturated carbocycles. The van der Waals surface area contributed by atoms with Crippen molar-refractivity contribution in [2.24, 2.45) is 4.99 Å². The van der Waals surface area contributed by atoms with E-state index in [9.17, 15) is 9.90 Å². The summed E-state index contributed by atoms with van der Waals surface area (Å²) in [6.07, 6.45) is 1.68. The van der Waals surface area contributed by atoms with Gasteiger partial charge in [-0.1, -0.05) is 24.3 Å². The molecule has 1 aliphatic heterocycles. The molecule has 5 heteroatoms. The summed E-state index contributed by atoms with van der Waals surface area (Å²) >= 11 is 0. The van der Waals surface area contributed by atoms with Crippen molar-refractivity contribution in [1.82, 2.24) is 9.97 Å². The van der Waals surface area contributed by atoms with Crippen molar-refractivity contribution in [2.45, 2.75) is 0 Å². The summed E-state index contributed by atoms with van der Waals surface area (Å²) in [4.78, 5) is 23.5. The van der Waals surface area contributed by atoms with E-state index in [1.165, 1.54) is 0 Å². The van der Waals surface area contributed by atoms with E-state index in [2.05, 4.69) is 15.0 Å². The van der Waals surface area contributed by atoms with E-state index in [0.29, 0.717) is 22.0 Å². The van der Waals surface area contributed by atoms with E-state index < -0.39 is 11.8 Å². The highest BCUT2D eigenvalue weighted by molar-refractivity contribution is 6.33. The number of fused-ring (bicyclic) bond motifs is 8. The molecular weight excluding hydrogens is 278 g/mol. The Morgan fingerprint density at radius 1 is 1.00 bits per heavy atom. The van der Waals surface area contributed by atoms with Gasteiger partial charge in [0.05, 0.1) is 16.6 Å². The number of aromatic amines is 1. The third kappa shape index (κ3) is 1.21. The normalized spacial score (nSPS) is 14.0. The number of H-pyrrole nitrogens is 1. The minimum absolute atomic E-state index is 0.366. The number of pyridine rings is 1. The van der Waals surface area contributed by atoms with Crippen molar-refractivity contribution in [3.8, 4) is 0 Å². The molecule has 0 saturated heterocycles. The maximum Gasteiger partial charge on any atom is 0.277 e. The number of benzene rings is 2. The van der Waals surface area contributed by atoms with Crippen molar-refractivity contribution >= 4 is 44.5 Å². The van der Waals surface area contributed by atoms with Gasteiger partial charge < -0.3 is 10.1 Å². The quantitative estimate of drug-likeness (QED) is 0.537. The molecule has 0 fully saturated rings. The lowest BCUT2D eigenvalue weighted by molar-refractivity contribution is -0.212. The molecule has 1 N–H and O–H groups in total. The first-order chi connectivity index (χ1) is 10.8. The van der Waals surface area contributed by atoms with Crippen LogP contribution in [0.25, 0.3) is 32.7 Å². The number of carbonyl (C=O) groups excluding carboxylic acids is 1. The Morgan fingerprint density at radius 3 is 2.73 bits per heavy atom. The van der Waals surface area contributed by atoms with Crippen molar-refractivity contribution in [2.75, 3.05) is 0 Å². The van der Waals surface area contributed by atoms with Gasteiger partial charge in [0.15, 0.2) is 0 Å². The van der Waals surface area contributed by atoms with E-state index in [-0.39, 0.29) is 0 Å². The average Bonchev–Trinajstić information content (AvgIpc) is 3.05. The van der Waals surface area contributed by atoms with Gasteiger partial charge in [-0.15, -0.1) is 0 Å². The Labute approximate surface area is 123 Å². The number of para-hydroxylation sites is 1. The summed E-state index contributed by atoms with van der Waals surface area (Å²) in [6.45, 7) is 0. The fourth-order valence-corrected chi connectivity index (χ4v) is 3.29. The topological polar surface area (TPSA) is 81.2 Å².